The standard InChI is InChI=1S/C20H22FN3O.2ClH/c21-17-7-1-2-9-19(17)23-11-13-24(14-12-23)20(25)16-5-3-8-18-15(16)6-4-10-22-18;;/h1-3,5,7-9,22H,4,6,10-14H2;2*1H. The van der Waals surface area contributed by atoms with Crippen LogP contribution in [-0.2, 0) is 6.42 Å². The van der Waals surface area contributed by atoms with E-state index in [-0.39, 0.29) is 36.5 Å². The zero-order chi connectivity index (χ0) is 17.2. The molecule has 146 valence electrons. The molecule has 1 N–H and O–H groups in total. The van der Waals surface area contributed by atoms with Gasteiger partial charge in [-0.25, -0.2) is 4.39 Å². The second kappa shape index (κ2) is 9.29. The van der Waals surface area contributed by atoms with Crippen LogP contribution in [0.1, 0.15) is 22.3 Å². The van der Waals surface area contributed by atoms with Gasteiger partial charge in [0.25, 0.3) is 5.91 Å². The van der Waals surface area contributed by atoms with E-state index in [2.05, 4.69) is 5.32 Å². The van der Waals surface area contributed by atoms with E-state index < -0.39 is 0 Å². The van der Waals surface area contributed by atoms with Gasteiger partial charge in [-0.05, 0) is 42.7 Å². The zero-order valence-corrected chi connectivity index (χ0v) is 16.6. The molecule has 27 heavy (non-hydrogen) atoms. The van der Waals surface area contributed by atoms with Crippen molar-refractivity contribution in [2.45, 2.75) is 12.8 Å². The molecule has 2 heterocycles. The smallest absolute Gasteiger partial charge is 0.254 e. The third-order valence-corrected chi connectivity index (χ3v) is 5.09. The summed E-state index contributed by atoms with van der Waals surface area (Å²) in [5.74, 6) is -0.112. The van der Waals surface area contributed by atoms with E-state index in [9.17, 15) is 9.18 Å². The Kier molecular flexibility index (Phi) is 7.33. The molecule has 7 heteroatoms. The minimum Gasteiger partial charge on any atom is -0.385 e. The first kappa shape index (κ1) is 21.3. The molecule has 2 aliphatic rings. The number of rotatable bonds is 2. The Balaban J connectivity index is 0.00000131. The monoisotopic (exact) mass is 411 g/mol. The quantitative estimate of drug-likeness (QED) is 0.811. The maximum atomic E-state index is 14.0. The van der Waals surface area contributed by atoms with Crippen molar-refractivity contribution in [2.75, 3.05) is 42.9 Å². The molecule has 0 bridgehead atoms. The fourth-order valence-electron chi connectivity index (χ4n) is 3.74. The Labute approximate surface area is 171 Å². The molecule has 0 radical (unpaired) electrons. The lowest BCUT2D eigenvalue weighted by molar-refractivity contribution is 0.0745. The third kappa shape index (κ3) is 4.30. The van der Waals surface area contributed by atoms with E-state index >= 15 is 0 Å². The fourth-order valence-corrected chi connectivity index (χ4v) is 3.74. The van der Waals surface area contributed by atoms with Crippen molar-refractivity contribution in [3.8, 4) is 0 Å². The van der Waals surface area contributed by atoms with Gasteiger partial charge in [0.2, 0.25) is 0 Å². The van der Waals surface area contributed by atoms with Gasteiger partial charge in [-0.15, -0.1) is 24.8 Å². The predicted molar refractivity (Wildman–Crippen MR) is 112 cm³/mol. The minimum absolute atomic E-state index is 0. The molecule has 4 nitrogen and oxygen atoms in total. The molecule has 1 saturated heterocycles. The molecule has 1 fully saturated rings. The van der Waals surface area contributed by atoms with Gasteiger partial charge in [0.1, 0.15) is 5.82 Å². The van der Waals surface area contributed by atoms with Crippen LogP contribution in [-0.4, -0.2) is 43.5 Å². The van der Waals surface area contributed by atoms with Crippen LogP contribution >= 0.6 is 24.8 Å². The lowest BCUT2D eigenvalue weighted by Gasteiger charge is -2.36. The zero-order valence-electron chi connectivity index (χ0n) is 15.0. The summed E-state index contributed by atoms with van der Waals surface area (Å²) in [6.07, 6.45) is 2.00. The molecular weight excluding hydrogens is 388 g/mol. The van der Waals surface area contributed by atoms with Crippen molar-refractivity contribution in [2.24, 2.45) is 0 Å². The number of piperazine rings is 1. The second-order valence-electron chi connectivity index (χ2n) is 6.59. The summed E-state index contributed by atoms with van der Waals surface area (Å²) in [5, 5.41) is 3.37. The van der Waals surface area contributed by atoms with E-state index in [0.717, 1.165) is 36.2 Å². The Hall–Kier alpha value is -1.98. The highest BCUT2D eigenvalue weighted by molar-refractivity contribution is 5.97. The first-order valence-corrected chi connectivity index (χ1v) is 8.88. The third-order valence-electron chi connectivity index (χ3n) is 5.09. The lowest BCUT2D eigenvalue weighted by Crippen LogP contribution is -2.49. The molecule has 2 aromatic rings. The Morgan fingerprint density at radius 1 is 0.963 bits per heavy atom. The highest BCUT2D eigenvalue weighted by Gasteiger charge is 2.26. The van der Waals surface area contributed by atoms with Crippen LogP contribution in [0.2, 0.25) is 0 Å². The Morgan fingerprint density at radius 2 is 1.70 bits per heavy atom. The SMILES string of the molecule is Cl.Cl.O=C(c1cccc2c1CCCN2)N1CCN(c2ccccc2F)CC1. The first-order valence-electron chi connectivity index (χ1n) is 8.88. The highest BCUT2D eigenvalue weighted by atomic mass is 35.5. The molecule has 1 amide bonds. The molecule has 4 rings (SSSR count). The molecular formula is C20H24Cl2FN3O. The van der Waals surface area contributed by atoms with Crippen molar-refractivity contribution in [3.05, 3.63) is 59.4 Å². The summed E-state index contributed by atoms with van der Waals surface area (Å²) in [6.45, 7) is 3.50. The topological polar surface area (TPSA) is 35.6 Å². The van der Waals surface area contributed by atoms with Gasteiger partial charge in [-0.2, -0.15) is 0 Å². The van der Waals surface area contributed by atoms with Crippen LogP contribution in [0.4, 0.5) is 15.8 Å². The summed E-state index contributed by atoms with van der Waals surface area (Å²) in [7, 11) is 0. The van der Waals surface area contributed by atoms with Gasteiger partial charge in [0.05, 0.1) is 5.69 Å². The van der Waals surface area contributed by atoms with Gasteiger partial charge in [-0.1, -0.05) is 18.2 Å². The number of hydrogen-bond acceptors (Lipinski definition) is 3. The van der Waals surface area contributed by atoms with Crippen LogP contribution in [0, 0.1) is 5.82 Å². The first-order chi connectivity index (χ1) is 12.2. The number of anilines is 2. The molecule has 0 saturated carbocycles. The molecule has 0 spiro atoms. The summed E-state index contributed by atoms with van der Waals surface area (Å²) >= 11 is 0. The van der Waals surface area contributed by atoms with E-state index in [1.54, 1.807) is 12.1 Å². The van der Waals surface area contributed by atoms with Crippen LogP contribution < -0.4 is 10.2 Å². The van der Waals surface area contributed by atoms with Crippen LogP contribution in [0.25, 0.3) is 0 Å². The number of nitrogens with zero attached hydrogens (tertiary/aromatic N) is 2. The van der Waals surface area contributed by atoms with Crippen LogP contribution in [0.3, 0.4) is 0 Å². The average Bonchev–Trinajstić information content (AvgIpc) is 2.67. The maximum Gasteiger partial charge on any atom is 0.254 e. The molecule has 2 aliphatic heterocycles. The number of nitrogens with one attached hydrogen (secondary N) is 1. The normalized spacial score (nSPS) is 15.7. The highest BCUT2D eigenvalue weighted by Crippen LogP contribution is 2.27. The summed E-state index contributed by atoms with van der Waals surface area (Å²) in [4.78, 5) is 16.9. The number of halogens is 3. The van der Waals surface area contributed by atoms with Gasteiger partial charge >= 0.3 is 0 Å². The van der Waals surface area contributed by atoms with Crippen LogP contribution in [0.15, 0.2) is 42.5 Å². The molecule has 0 aliphatic carbocycles. The van der Waals surface area contributed by atoms with Crippen molar-refractivity contribution in [3.63, 3.8) is 0 Å². The summed E-state index contributed by atoms with van der Waals surface area (Å²) in [6, 6.07) is 12.7. The number of benzene rings is 2. The molecule has 2 aromatic carbocycles. The van der Waals surface area contributed by atoms with E-state index in [1.807, 2.05) is 34.1 Å². The van der Waals surface area contributed by atoms with Crippen molar-refractivity contribution in [1.82, 2.24) is 4.90 Å². The lowest BCUT2D eigenvalue weighted by atomic mass is 9.96. The molecule has 0 aromatic heterocycles. The fraction of sp³-hybridized carbons (Fsp3) is 0.350. The Morgan fingerprint density at radius 3 is 2.44 bits per heavy atom. The summed E-state index contributed by atoms with van der Waals surface area (Å²) < 4.78 is 14.0. The van der Waals surface area contributed by atoms with Gasteiger partial charge in [-0.3, -0.25) is 4.79 Å². The van der Waals surface area contributed by atoms with Crippen molar-refractivity contribution in [1.29, 1.82) is 0 Å². The number of amides is 1. The van der Waals surface area contributed by atoms with E-state index in [4.69, 9.17) is 0 Å². The Bertz CT molecular complexity index is 795. The molecule has 0 unspecified atom stereocenters. The van der Waals surface area contributed by atoms with Gasteiger partial charge < -0.3 is 15.1 Å². The van der Waals surface area contributed by atoms with Crippen LogP contribution in [0.5, 0.6) is 0 Å². The average molecular weight is 412 g/mol. The van der Waals surface area contributed by atoms with E-state index in [1.165, 1.54) is 6.07 Å². The summed E-state index contributed by atoms with van der Waals surface area (Å²) in [5.41, 5.74) is 3.65. The number of carbonyl (C=O) groups is 1. The largest absolute Gasteiger partial charge is 0.385 e. The number of hydrogen-bond donors (Lipinski definition) is 1. The van der Waals surface area contributed by atoms with Gasteiger partial charge in [0.15, 0.2) is 0 Å². The maximum absolute atomic E-state index is 14.0. The van der Waals surface area contributed by atoms with Crippen molar-refractivity contribution >= 4 is 42.1 Å². The number of carbonyl (C=O) groups excluding carboxylic acids is 1. The van der Waals surface area contributed by atoms with Gasteiger partial charge in [0, 0.05) is 44.0 Å². The van der Waals surface area contributed by atoms with E-state index in [0.29, 0.717) is 31.9 Å². The number of fused-ring (bicyclic) bond motifs is 1. The predicted octanol–water partition coefficient (Wildman–Crippen LogP) is 3.99. The minimum atomic E-state index is -0.203. The molecule has 0 atom stereocenters. The van der Waals surface area contributed by atoms with Crippen molar-refractivity contribution < 1.29 is 9.18 Å². The second-order valence-corrected chi connectivity index (χ2v) is 6.59. The number of para-hydroxylation sites is 1.